The molecule has 1 amide bonds. The van der Waals surface area contributed by atoms with Crippen molar-refractivity contribution in [1.29, 1.82) is 0 Å². The van der Waals surface area contributed by atoms with Gasteiger partial charge in [0.1, 0.15) is 5.69 Å². The lowest BCUT2D eigenvalue weighted by Crippen LogP contribution is -2.24. The van der Waals surface area contributed by atoms with E-state index in [-0.39, 0.29) is 17.5 Å². The van der Waals surface area contributed by atoms with Gasteiger partial charge in [0.25, 0.3) is 0 Å². The highest BCUT2D eigenvalue weighted by atomic mass is 32.2. The maximum atomic E-state index is 11.2. The van der Waals surface area contributed by atoms with E-state index in [1.807, 2.05) is 6.92 Å². The van der Waals surface area contributed by atoms with E-state index in [1.54, 1.807) is 0 Å². The summed E-state index contributed by atoms with van der Waals surface area (Å²) < 4.78 is 0. The minimum atomic E-state index is -0.0905. The van der Waals surface area contributed by atoms with Crippen LogP contribution in [0.1, 0.15) is 12.6 Å². The third kappa shape index (κ3) is 4.27. The maximum Gasteiger partial charge on any atom is 0.230 e. The first-order chi connectivity index (χ1) is 8.17. The summed E-state index contributed by atoms with van der Waals surface area (Å²) in [6.45, 7) is 2.43. The predicted molar refractivity (Wildman–Crippen MR) is 64.0 cm³/mol. The first-order valence-electron chi connectivity index (χ1n) is 4.87. The van der Waals surface area contributed by atoms with E-state index in [4.69, 9.17) is 10.9 Å². The highest BCUT2D eigenvalue weighted by molar-refractivity contribution is 7.99. The highest BCUT2D eigenvalue weighted by Gasteiger charge is 2.06. The lowest BCUT2D eigenvalue weighted by molar-refractivity contribution is -0.118. The molecule has 4 N–H and O–H groups in total. The van der Waals surface area contributed by atoms with Gasteiger partial charge in [0.2, 0.25) is 5.91 Å². The van der Waals surface area contributed by atoms with Crippen LogP contribution in [-0.2, 0) is 4.79 Å². The number of carbonyl (C=O) groups excluding carboxylic acids is 1. The first kappa shape index (κ1) is 13.2. The summed E-state index contributed by atoms with van der Waals surface area (Å²) >= 11 is 1.18. The van der Waals surface area contributed by atoms with Gasteiger partial charge in [-0.2, -0.15) is 0 Å². The number of aromatic nitrogens is 2. The standard InChI is InChI=1S/C9H13N5O2S/c1-2-11-7(15)5-17-9-12-4-3-6(13-9)8(10)14-16/h3-4,16H,2,5H2,1H3,(H2,10,14)(H,11,15). The molecule has 1 rings (SSSR count). The van der Waals surface area contributed by atoms with Crippen LogP contribution in [0.3, 0.4) is 0 Å². The third-order valence-corrected chi connectivity index (χ3v) is 2.57. The Morgan fingerprint density at radius 1 is 1.71 bits per heavy atom. The molecule has 0 bridgehead atoms. The average molecular weight is 255 g/mol. The lowest BCUT2D eigenvalue weighted by Gasteiger charge is -2.02. The molecule has 0 radical (unpaired) electrons. The van der Waals surface area contributed by atoms with Gasteiger partial charge in [-0.05, 0) is 13.0 Å². The van der Waals surface area contributed by atoms with Crippen molar-refractivity contribution in [3.8, 4) is 0 Å². The van der Waals surface area contributed by atoms with Crippen LogP contribution in [0.15, 0.2) is 22.6 Å². The van der Waals surface area contributed by atoms with Gasteiger partial charge in [-0.3, -0.25) is 4.79 Å². The van der Waals surface area contributed by atoms with Crippen LogP contribution in [0.5, 0.6) is 0 Å². The molecule has 0 fully saturated rings. The van der Waals surface area contributed by atoms with Gasteiger partial charge < -0.3 is 16.3 Å². The van der Waals surface area contributed by atoms with Crippen molar-refractivity contribution in [3.63, 3.8) is 0 Å². The molecule has 0 saturated carbocycles. The topological polar surface area (TPSA) is 113 Å². The fourth-order valence-electron chi connectivity index (χ4n) is 0.983. The van der Waals surface area contributed by atoms with E-state index in [1.165, 1.54) is 24.0 Å². The molecule has 0 aliphatic carbocycles. The second-order valence-corrected chi connectivity index (χ2v) is 3.89. The number of rotatable bonds is 5. The number of nitrogens with one attached hydrogen (secondary N) is 1. The van der Waals surface area contributed by atoms with E-state index in [0.717, 1.165) is 0 Å². The highest BCUT2D eigenvalue weighted by Crippen LogP contribution is 2.11. The van der Waals surface area contributed by atoms with Crippen LogP contribution in [0, 0.1) is 0 Å². The van der Waals surface area contributed by atoms with Gasteiger partial charge in [0.05, 0.1) is 5.75 Å². The number of oxime groups is 1. The summed E-state index contributed by atoms with van der Waals surface area (Å²) in [4.78, 5) is 19.2. The van der Waals surface area contributed by atoms with Gasteiger partial charge in [-0.25, -0.2) is 9.97 Å². The minimum Gasteiger partial charge on any atom is -0.409 e. The largest absolute Gasteiger partial charge is 0.409 e. The molecular weight excluding hydrogens is 242 g/mol. The Morgan fingerprint density at radius 3 is 3.12 bits per heavy atom. The molecule has 1 heterocycles. The van der Waals surface area contributed by atoms with E-state index in [0.29, 0.717) is 17.4 Å². The molecule has 92 valence electrons. The van der Waals surface area contributed by atoms with Crippen molar-refractivity contribution in [2.75, 3.05) is 12.3 Å². The van der Waals surface area contributed by atoms with E-state index in [2.05, 4.69) is 20.4 Å². The number of thioether (sulfide) groups is 1. The fraction of sp³-hybridized carbons (Fsp3) is 0.333. The molecule has 0 aliphatic rings. The van der Waals surface area contributed by atoms with Gasteiger partial charge >= 0.3 is 0 Å². The molecule has 0 aliphatic heterocycles. The van der Waals surface area contributed by atoms with Crippen LogP contribution in [-0.4, -0.2) is 39.2 Å². The molecule has 8 heteroatoms. The van der Waals surface area contributed by atoms with Crippen molar-refractivity contribution in [3.05, 3.63) is 18.0 Å². The SMILES string of the molecule is CCNC(=O)CSc1nccc(/C(N)=N/O)n1. The number of carbonyl (C=O) groups is 1. The van der Waals surface area contributed by atoms with Crippen LogP contribution in [0.25, 0.3) is 0 Å². The van der Waals surface area contributed by atoms with E-state index >= 15 is 0 Å². The molecule has 0 unspecified atom stereocenters. The number of hydrogen-bond acceptors (Lipinski definition) is 6. The Hall–Kier alpha value is -1.83. The Bertz CT molecular complexity index is 424. The monoisotopic (exact) mass is 255 g/mol. The zero-order valence-corrected chi connectivity index (χ0v) is 10.1. The zero-order chi connectivity index (χ0) is 12.7. The summed E-state index contributed by atoms with van der Waals surface area (Å²) in [5.41, 5.74) is 5.71. The van der Waals surface area contributed by atoms with Crippen LogP contribution in [0.4, 0.5) is 0 Å². The van der Waals surface area contributed by atoms with Gasteiger partial charge in [-0.1, -0.05) is 16.9 Å². The summed E-state index contributed by atoms with van der Waals surface area (Å²) in [5.74, 6) is 0.0514. The Labute approximate surface area is 103 Å². The first-order valence-corrected chi connectivity index (χ1v) is 5.86. The molecule has 1 aromatic heterocycles. The summed E-state index contributed by atoms with van der Waals surface area (Å²) in [5, 5.41) is 14.4. The second-order valence-electron chi connectivity index (χ2n) is 2.95. The predicted octanol–water partition coefficient (Wildman–Crippen LogP) is -0.201. The van der Waals surface area contributed by atoms with Crippen molar-refractivity contribution in [2.24, 2.45) is 10.9 Å². The summed E-state index contributed by atoms with van der Waals surface area (Å²) in [6, 6.07) is 1.52. The Morgan fingerprint density at radius 2 is 2.47 bits per heavy atom. The minimum absolute atomic E-state index is 0.0877. The number of hydrogen-bond donors (Lipinski definition) is 3. The van der Waals surface area contributed by atoms with Crippen molar-refractivity contribution in [2.45, 2.75) is 12.1 Å². The maximum absolute atomic E-state index is 11.2. The van der Waals surface area contributed by atoms with E-state index < -0.39 is 0 Å². The van der Waals surface area contributed by atoms with Gasteiger partial charge in [0, 0.05) is 12.7 Å². The summed E-state index contributed by atoms with van der Waals surface area (Å²) in [7, 11) is 0. The smallest absolute Gasteiger partial charge is 0.230 e. The molecule has 0 saturated heterocycles. The fourth-order valence-corrected chi connectivity index (χ4v) is 1.64. The molecular formula is C9H13N5O2S. The zero-order valence-electron chi connectivity index (χ0n) is 9.25. The van der Waals surface area contributed by atoms with Crippen LogP contribution in [0.2, 0.25) is 0 Å². The van der Waals surface area contributed by atoms with Gasteiger partial charge in [0.15, 0.2) is 11.0 Å². The normalized spacial score (nSPS) is 11.2. The molecule has 0 atom stereocenters. The molecule has 0 aromatic carbocycles. The molecule has 7 nitrogen and oxygen atoms in total. The Balaban J connectivity index is 2.63. The lowest BCUT2D eigenvalue weighted by atomic mass is 10.4. The van der Waals surface area contributed by atoms with Crippen molar-refractivity contribution < 1.29 is 10.0 Å². The van der Waals surface area contributed by atoms with Crippen molar-refractivity contribution in [1.82, 2.24) is 15.3 Å². The van der Waals surface area contributed by atoms with Crippen LogP contribution < -0.4 is 11.1 Å². The quantitative estimate of drug-likeness (QED) is 0.168. The molecule has 17 heavy (non-hydrogen) atoms. The summed E-state index contributed by atoms with van der Waals surface area (Å²) in [6.07, 6.45) is 1.49. The van der Waals surface area contributed by atoms with Crippen molar-refractivity contribution >= 4 is 23.5 Å². The molecule has 1 aromatic rings. The Kier molecular flexibility index (Phi) is 5.21. The average Bonchev–Trinajstić information content (AvgIpc) is 2.36. The number of nitrogens with zero attached hydrogens (tertiary/aromatic N) is 3. The second kappa shape index (κ2) is 6.69. The number of amides is 1. The molecule has 0 spiro atoms. The number of nitrogens with two attached hydrogens (primary N) is 1. The third-order valence-electron chi connectivity index (χ3n) is 1.71. The number of amidine groups is 1. The van der Waals surface area contributed by atoms with Crippen LogP contribution >= 0.6 is 11.8 Å². The van der Waals surface area contributed by atoms with E-state index in [9.17, 15) is 4.79 Å². The van der Waals surface area contributed by atoms with Gasteiger partial charge in [-0.15, -0.1) is 0 Å².